The lowest BCUT2D eigenvalue weighted by Gasteiger charge is -2.21. The average molecular weight is 463 g/mol. The van der Waals surface area contributed by atoms with Crippen molar-refractivity contribution < 1.29 is 18.3 Å². The van der Waals surface area contributed by atoms with Gasteiger partial charge >= 0.3 is 7.60 Å². The molecule has 0 saturated carbocycles. The Morgan fingerprint density at radius 3 is 1.79 bits per heavy atom. The van der Waals surface area contributed by atoms with Gasteiger partial charge < -0.3 is 13.8 Å². The van der Waals surface area contributed by atoms with Gasteiger partial charge in [-0.2, -0.15) is 0 Å². The molecular weight excluding hydrogens is 434 g/mol. The number of hydrogen-bond donors (Lipinski definition) is 2. The van der Waals surface area contributed by atoms with E-state index in [-0.39, 0.29) is 49.0 Å². The first-order valence-electron chi connectivity index (χ1n) is 8.75. The lowest BCUT2D eigenvalue weighted by Crippen LogP contribution is -2.29. The summed E-state index contributed by atoms with van der Waals surface area (Å²) in [6, 6.07) is 17.8. The number of hydrogen-bond acceptors (Lipinski definition) is 6. The summed E-state index contributed by atoms with van der Waals surface area (Å²) >= 11 is 0. The fourth-order valence-corrected chi connectivity index (χ4v) is 3.47. The van der Waals surface area contributed by atoms with Gasteiger partial charge in [-0.1, -0.05) is 57.2 Å². The van der Waals surface area contributed by atoms with Crippen LogP contribution in [-0.2, 0) is 9.30 Å². The van der Waals surface area contributed by atoms with E-state index >= 15 is 0 Å². The standard InChI is InChI=1S/C20H27N2O4P.2ClH/c1-20(2,3)15-24-19(21)14-22-16-27(23,25-17-10-6-4-7-11-17)26-18-12-8-5-9-13-18;;/h4-13,21-22H,14-16H2,1-3H3;2*1H. The van der Waals surface area contributed by atoms with Crippen LogP contribution in [0.2, 0.25) is 0 Å². The summed E-state index contributed by atoms with van der Waals surface area (Å²) in [5, 5.41) is 10.8. The Morgan fingerprint density at radius 2 is 1.38 bits per heavy atom. The molecule has 2 N–H and O–H groups in total. The van der Waals surface area contributed by atoms with E-state index < -0.39 is 7.60 Å². The zero-order valence-electron chi connectivity index (χ0n) is 16.8. The van der Waals surface area contributed by atoms with Crippen LogP contribution in [0.1, 0.15) is 20.8 Å². The van der Waals surface area contributed by atoms with E-state index in [1.165, 1.54) is 0 Å². The normalized spacial score (nSPS) is 10.9. The van der Waals surface area contributed by atoms with Crippen LogP contribution in [0.4, 0.5) is 0 Å². The molecule has 162 valence electrons. The highest BCUT2D eigenvalue weighted by Gasteiger charge is 2.28. The van der Waals surface area contributed by atoms with E-state index in [1.807, 2.05) is 32.9 Å². The molecule has 0 aliphatic rings. The predicted molar refractivity (Wildman–Crippen MR) is 122 cm³/mol. The van der Waals surface area contributed by atoms with E-state index in [9.17, 15) is 4.57 Å². The minimum absolute atomic E-state index is 0. The van der Waals surface area contributed by atoms with E-state index in [2.05, 4.69) is 5.32 Å². The molecule has 0 amide bonds. The molecule has 2 aromatic carbocycles. The summed E-state index contributed by atoms with van der Waals surface area (Å²) in [7, 11) is -3.53. The number of nitrogens with one attached hydrogen (secondary N) is 2. The van der Waals surface area contributed by atoms with Crippen LogP contribution in [0.5, 0.6) is 11.5 Å². The highest BCUT2D eigenvalue weighted by Crippen LogP contribution is 2.47. The number of para-hydroxylation sites is 2. The van der Waals surface area contributed by atoms with E-state index in [4.69, 9.17) is 19.2 Å². The van der Waals surface area contributed by atoms with Crippen LogP contribution < -0.4 is 14.4 Å². The van der Waals surface area contributed by atoms with Crippen LogP contribution in [0.15, 0.2) is 60.7 Å². The summed E-state index contributed by atoms with van der Waals surface area (Å²) in [6.07, 6.45) is -0.0575. The second kappa shape index (κ2) is 12.8. The Labute approximate surface area is 185 Å². The molecule has 0 aliphatic carbocycles. The summed E-state index contributed by atoms with van der Waals surface area (Å²) in [5.74, 6) is 0.992. The maximum absolute atomic E-state index is 13.2. The van der Waals surface area contributed by atoms with Gasteiger partial charge in [0.05, 0.1) is 13.2 Å². The SMILES string of the molecule is CC(C)(C)COC(=N)CNCP(=O)(Oc1ccccc1)Oc1ccccc1.Cl.Cl. The quantitative estimate of drug-likeness (QED) is 0.281. The molecule has 0 bridgehead atoms. The fraction of sp³-hybridized carbons (Fsp3) is 0.350. The molecule has 2 aromatic rings. The molecule has 0 fully saturated rings. The number of ether oxygens (including phenoxy) is 1. The average Bonchev–Trinajstić information content (AvgIpc) is 2.61. The maximum Gasteiger partial charge on any atom is 0.444 e. The Bertz CT molecular complexity index is 726. The summed E-state index contributed by atoms with van der Waals surface area (Å²) < 4.78 is 30.0. The van der Waals surface area contributed by atoms with Crippen molar-refractivity contribution in [3.8, 4) is 11.5 Å². The minimum atomic E-state index is -3.53. The topological polar surface area (TPSA) is 80.6 Å². The summed E-state index contributed by atoms with van der Waals surface area (Å²) in [6.45, 7) is 6.67. The van der Waals surface area contributed by atoms with Gasteiger partial charge in [-0.05, 0) is 29.7 Å². The Morgan fingerprint density at radius 1 is 0.931 bits per heavy atom. The molecule has 0 spiro atoms. The van der Waals surface area contributed by atoms with Gasteiger partial charge in [0.15, 0.2) is 5.90 Å². The minimum Gasteiger partial charge on any atom is -0.480 e. The van der Waals surface area contributed by atoms with Gasteiger partial charge in [0.25, 0.3) is 0 Å². The molecule has 0 unspecified atom stereocenters. The monoisotopic (exact) mass is 462 g/mol. The van der Waals surface area contributed by atoms with Crippen LogP contribution in [0, 0.1) is 10.8 Å². The molecule has 0 aliphatic heterocycles. The largest absolute Gasteiger partial charge is 0.480 e. The van der Waals surface area contributed by atoms with Crippen molar-refractivity contribution in [1.82, 2.24) is 5.32 Å². The van der Waals surface area contributed by atoms with Crippen molar-refractivity contribution in [2.45, 2.75) is 20.8 Å². The van der Waals surface area contributed by atoms with Crippen LogP contribution in [0.3, 0.4) is 0 Å². The second-order valence-corrected chi connectivity index (χ2v) is 9.18. The Hall–Kier alpha value is -1.72. The van der Waals surface area contributed by atoms with Gasteiger partial charge in [-0.15, -0.1) is 24.8 Å². The third-order valence-electron chi connectivity index (χ3n) is 3.25. The molecule has 29 heavy (non-hydrogen) atoms. The first-order valence-corrected chi connectivity index (χ1v) is 10.5. The van der Waals surface area contributed by atoms with E-state index in [1.54, 1.807) is 48.5 Å². The molecule has 0 radical (unpaired) electrons. The third-order valence-corrected chi connectivity index (χ3v) is 4.83. The van der Waals surface area contributed by atoms with Gasteiger partial charge in [0.1, 0.15) is 17.8 Å². The fourth-order valence-electron chi connectivity index (χ4n) is 2.03. The van der Waals surface area contributed by atoms with Crippen molar-refractivity contribution in [1.29, 1.82) is 5.41 Å². The van der Waals surface area contributed by atoms with E-state index in [0.717, 1.165) is 0 Å². The Balaban J connectivity index is 0.00000392. The zero-order valence-corrected chi connectivity index (χ0v) is 19.3. The van der Waals surface area contributed by atoms with Gasteiger partial charge in [-0.25, -0.2) is 4.57 Å². The summed E-state index contributed by atoms with van der Waals surface area (Å²) in [4.78, 5) is 0. The predicted octanol–water partition coefficient (Wildman–Crippen LogP) is 5.77. The molecule has 0 atom stereocenters. The van der Waals surface area contributed by atoms with Crippen molar-refractivity contribution in [2.75, 3.05) is 19.4 Å². The Kier molecular flexibility index (Phi) is 12.0. The molecule has 6 nitrogen and oxygen atoms in total. The highest BCUT2D eigenvalue weighted by atomic mass is 35.5. The van der Waals surface area contributed by atoms with Crippen LogP contribution in [-0.4, -0.2) is 25.3 Å². The molecule has 0 aromatic heterocycles. The van der Waals surface area contributed by atoms with Crippen molar-refractivity contribution in [2.24, 2.45) is 5.41 Å². The molecule has 0 heterocycles. The first-order chi connectivity index (χ1) is 12.8. The van der Waals surface area contributed by atoms with Crippen molar-refractivity contribution in [3.05, 3.63) is 60.7 Å². The maximum atomic E-state index is 13.2. The highest BCUT2D eigenvalue weighted by molar-refractivity contribution is 7.54. The lowest BCUT2D eigenvalue weighted by atomic mass is 9.99. The summed E-state index contributed by atoms with van der Waals surface area (Å²) in [5.41, 5.74) is -0.0333. The number of halogens is 2. The van der Waals surface area contributed by atoms with Crippen molar-refractivity contribution >= 4 is 38.3 Å². The van der Waals surface area contributed by atoms with Gasteiger partial charge in [0.2, 0.25) is 0 Å². The lowest BCUT2D eigenvalue weighted by molar-refractivity contribution is 0.182. The van der Waals surface area contributed by atoms with Crippen molar-refractivity contribution in [3.63, 3.8) is 0 Å². The smallest absolute Gasteiger partial charge is 0.444 e. The molecule has 2 rings (SSSR count). The second-order valence-electron chi connectivity index (χ2n) is 7.28. The first kappa shape index (κ1) is 27.3. The molecular formula is C20H29Cl2N2O4P. The number of rotatable bonds is 9. The van der Waals surface area contributed by atoms with Crippen LogP contribution in [0.25, 0.3) is 0 Å². The van der Waals surface area contributed by atoms with Gasteiger partial charge in [0, 0.05) is 0 Å². The van der Waals surface area contributed by atoms with Crippen LogP contribution >= 0.6 is 32.4 Å². The molecule has 0 saturated heterocycles. The number of benzene rings is 2. The van der Waals surface area contributed by atoms with Gasteiger partial charge in [-0.3, -0.25) is 10.7 Å². The zero-order chi connectivity index (χ0) is 19.8. The van der Waals surface area contributed by atoms with E-state index in [0.29, 0.717) is 18.1 Å². The third kappa shape index (κ3) is 11.1. The molecule has 9 heteroatoms.